The molecule has 0 saturated carbocycles. The van der Waals surface area contributed by atoms with Crippen molar-refractivity contribution in [2.75, 3.05) is 25.5 Å². The number of nitrogens with one attached hydrogen (secondary N) is 1. The van der Waals surface area contributed by atoms with Crippen LogP contribution in [-0.2, 0) is 0 Å². The topological polar surface area (TPSA) is 78.6 Å². The van der Waals surface area contributed by atoms with E-state index in [0.717, 1.165) is 12.2 Å². The first-order chi connectivity index (χ1) is 7.54. The second kappa shape index (κ2) is 7.67. The summed E-state index contributed by atoms with van der Waals surface area (Å²) in [6, 6.07) is 6.92. The number of hydrogen-bond donors (Lipinski definition) is 3. The third kappa shape index (κ3) is 4.77. The number of para-hydroxylation sites is 1. The van der Waals surface area contributed by atoms with Crippen LogP contribution < -0.4 is 16.2 Å². The van der Waals surface area contributed by atoms with E-state index >= 15 is 0 Å². The largest absolute Gasteiger partial charge is 0.478 e. The van der Waals surface area contributed by atoms with Crippen molar-refractivity contribution in [1.82, 2.24) is 5.43 Å². The van der Waals surface area contributed by atoms with Crippen molar-refractivity contribution in [1.29, 1.82) is 0 Å². The van der Waals surface area contributed by atoms with Gasteiger partial charge < -0.3 is 10.0 Å². The standard InChI is InChI=1S/C9H11NO2.C2H8N2/c1-10(2)8-6-4-3-5-7(8)9(11)12;1-2-4-3/h3-6H,1-2H3,(H,11,12);4H,2-3H2,1H3. The number of carbonyl (C=O) groups is 1. The molecule has 0 amide bonds. The van der Waals surface area contributed by atoms with Crippen molar-refractivity contribution in [2.24, 2.45) is 5.84 Å². The maximum absolute atomic E-state index is 10.7. The van der Waals surface area contributed by atoms with Crippen molar-refractivity contribution in [3.05, 3.63) is 29.8 Å². The van der Waals surface area contributed by atoms with Crippen LogP contribution in [0.2, 0.25) is 0 Å². The number of nitrogens with zero attached hydrogens (tertiary/aromatic N) is 1. The lowest BCUT2D eigenvalue weighted by molar-refractivity contribution is 0.0697. The molecule has 1 rings (SSSR count). The van der Waals surface area contributed by atoms with Gasteiger partial charge in [-0.3, -0.25) is 11.3 Å². The second-order valence-electron chi connectivity index (χ2n) is 3.27. The van der Waals surface area contributed by atoms with Gasteiger partial charge >= 0.3 is 5.97 Å². The van der Waals surface area contributed by atoms with Gasteiger partial charge in [0.05, 0.1) is 11.3 Å². The highest BCUT2D eigenvalue weighted by molar-refractivity contribution is 5.94. The van der Waals surface area contributed by atoms with E-state index in [9.17, 15) is 4.79 Å². The molecule has 1 aromatic rings. The Hall–Kier alpha value is -1.59. The Morgan fingerprint density at radius 2 is 1.94 bits per heavy atom. The van der Waals surface area contributed by atoms with Crippen LogP contribution in [0.1, 0.15) is 17.3 Å². The van der Waals surface area contributed by atoms with Gasteiger partial charge in [-0.25, -0.2) is 4.79 Å². The lowest BCUT2D eigenvalue weighted by atomic mass is 10.2. The summed E-state index contributed by atoms with van der Waals surface area (Å²) in [5, 5.41) is 8.79. The lowest BCUT2D eigenvalue weighted by Crippen LogP contribution is -2.20. The number of aromatic carboxylic acids is 1. The Labute approximate surface area is 95.8 Å². The summed E-state index contributed by atoms with van der Waals surface area (Å²) in [4.78, 5) is 12.5. The zero-order valence-electron chi connectivity index (χ0n) is 9.90. The first-order valence-corrected chi connectivity index (χ1v) is 4.97. The van der Waals surface area contributed by atoms with Crippen LogP contribution in [0.15, 0.2) is 24.3 Å². The van der Waals surface area contributed by atoms with Gasteiger partial charge in [-0.15, -0.1) is 0 Å². The summed E-state index contributed by atoms with van der Waals surface area (Å²) < 4.78 is 0. The highest BCUT2D eigenvalue weighted by Crippen LogP contribution is 2.17. The van der Waals surface area contributed by atoms with Gasteiger partial charge in [0.2, 0.25) is 0 Å². The molecule has 0 spiro atoms. The molecular formula is C11H19N3O2. The first-order valence-electron chi connectivity index (χ1n) is 4.97. The Morgan fingerprint density at radius 3 is 2.25 bits per heavy atom. The molecule has 0 saturated heterocycles. The van der Waals surface area contributed by atoms with Crippen molar-refractivity contribution in [3.63, 3.8) is 0 Å². The van der Waals surface area contributed by atoms with E-state index in [0.29, 0.717) is 5.56 Å². The Morgan fingerprint density at radius 1 is 1.44 bits per heavy atom. The number of rotatable bonds is 3. The van der Waals surface area contributed by atoms with E-state index in [1.54, 1.807) is 23.1 Å². The number of benzene rings is 1. The average molecular weight is 225 g/mol. The summed E-state index contributed by atoms with van der Waals surface area (Å²) >= 11 is 0. The molecule has 0 fully saturated rings. The zero-order valence-corrected chi connectivity index (χ0v) is 9.90. The maximum atomic E-state index is 10.7. The molecule has 1 aromatic carbocycles. The molecular weight excluding hydrogens is 206 g/mol. The molecule has 0 aliphatic carbocycles. The zero-order chi connectivity index (χ0) is 12.6. The van der Waals surface area contributed by atoms with Crippen LogP contribution in [0.5, 0.6) is 0 Å². The monoisotopic (exact) mass is 225 g/mol. The van der Waals surface area contributed by atoms with E-state index in [1.165, 1.54) is 0 Å². The number of nitrogens with two attached hydrogens (primary N) is 1. The fraction of sp³-hybridized carbons (Fsp3) is 0.364. The predicted molar refractivity (Wildman–Crippen MR) is 65.6 cm³/mol. The minimum absolute atomic E-state index is 0.336. The van der Waals surface area contributed by atoms with Crippen molar-refractivity contribution < 1.29 is 9.90 Å². The van der Waals surface area contributed by atoms with Gasteiger partial charge in [0, 0.05) is 20.6 Å². The van der Waals surface area contributed by atoms with E-state index in [4.69, 9.17) is 10.9 Å². The van der Waals surface area contributed by atoms with Gasteiger partial charge in [-0.1, -0.05) is 19.1 Å². The molecule has 16 heavy (non-hydrogen) atoms. The summed E-state index contributed by atoms with van der Waals surface area (Å²) in [6.45, 7) is 2.79. The molecule has 0 bridgehead atoms. The maximum Gasteiger partial charge on any atom is 0.337 e. The smallest absolute Gasteiger partial charge is 0.337 e. The second-order valence-corrected chi connectivity index (χ2v) is 3.27. The van der Waals surface area contributed by atoms with Crippen molar-refractivity contribution in [3.8, 4) is 0 Å². The minimum Gasteiger partial charge on any atom is -0.478 e. The van der Waals surface area contributed by atoms with Crippen LogP contribution >= 0.6 is 0 Å². The van der Waals surface area contributed by atoms with E-state index in [2.05, 4.69) is 5.43 Å². The molecule has 5 nitrogen and oxygen atoms in total. The molecule has 0 atom stereocenters. The highest BCUT2D eigenvalue weighted by Gasteiger charge is 2.09. The van der Waals surface area contributed by atoms with Crippen LogP contribution in [0, 0.1) is 0 Å². The third-order valence-corrected chi connectivity index (χ3v) is 1.82. The Bertz CT molecular complexity index is 325. The van der Waals surface area contributed by atoms with Gasteiger partial charge in [0.15, 0.2) is 0 Å². The lowest BCUT2D eigenvalue weighted by Gasteiger charge is -2.14. The van der Waals surface area contributed by atoms with Crippen LogP contribution in [0.4, 0.5) is 5.69 Å². The van der Waals surface area contributed by atoms with Crippen LogP contribution in [-0.4, -0.2) is 31.7 Å². The number of anilines is 1. The summed E-state index contributed by atoms with van der Waals surface area (Å²) in [7, 11) is 3.64. The van der Waals surface area contributed by atoms with E-state index < -0.39 is 5.97 Å². The van der Waals surface area contributed by atoms with Crippen molar-refractivity contribution >= 4 is 11.7 Å². The Balaban J connectivity index is 0.000000487. The van der Waals surface area contributed by atoms with E-state index in [-0.39, 0.29) is 0 Å². The molecule has 0 radical (unpaired) electrons. The average Bonchev–Trinajstić information content (AvgIpc) is 2.29. The quantitative estimate of drug-likeness (QED) is 0.526. The molecule has 0 heterocycles. The Kier molecular flexibility index (Phi) is 6.91. The first kappa shape index (κ1) is 14.4. The van der Waals surface area contributed by atoms with Gasteiger partial charge in [-0.2, -0.15) is 0 Å². The molecule has 5 heteroatoms. The SMILES string of the molecule is CCNN.CN(C)c1ccccc1C(=O)O. The van der Waals surface area contributed by atoms with Gasteiger partial charge in [-0.05, 0) is 12.1 Å². The fourth-order valence-electron chi connectivity index (χ4n) is 1.04. The number of carboxylic acids is 1. The normalized spacial score (nSPS) is 9.00. The fourth-order valence-corrected chi connectivity index (χ4v) is 1.04. The minimum atomic E-state index is -0.890. The van der Waals surface area contributed by atoms with Gasteiger partial charge in [0.25, 0.3) is 0 Å². The predicted octanol–water partition coefficient (Wildman–Crippen LogP) is 0.920. The summed E-state index contributed by atoms with van der Waals surface area (Å²) in [5.41, 5.74) is 3.49. The summed E-state index contributed by atoms with van der Waals surface area (Å²) in [5.74, 6) is 3.89. The number of carboxylic acid groups (broad SMARTS) is 1. The van der Waals surface area contributed by atoms with Crippen LogP contribution in [0.3, 0.4) is 0 Å². The number of hydrogen-bond acceptors (Lipinski definition) is 4. The molecule has 0 aromatic heterocycles. The molecule has 0 unspecified atom stereocenters. The molecule has 0 aliphatic heterocycles. The highest BCUT2D eigenvalue weighted by atomic mass is 16.4. The third-order valence-electron chi connectivity index (χ3n) is 1.82. The molecule has 4 N–H and O–H groups in total. The van der Waals surface area contributed by atoms with Gasteiger partial charge in [0.1, 0.15) is 0 Å². The summed E-state index contributed by atoms with van der Waals surface area (Å²) in [6.07, 6.45) is 0. The van der Waals surface area contributed by atoms with Crippen LogP contribution in [0.25, 0.3) is 0 Å². The molecule has 0 aliphatic rings. The number of hydrazine groups is 1. The van der Waals surface area contributed by atoms with E-state index in [1.807, 2.05) is 27.1 Å². The molecule has 90 valence electrons. The van der Waals surface area contributed by atoms with Crippen molar-refractivity contribution in [2.45, 2.75) is 6.92 Å².